The molecule has 4 aliphatic rings. The van der Waals surface area contributed by atoms with E-state index in [0.29, 0.717) is 63.0 Å². The minimum absolute atomic E-state index is 0.0727. The molecule has 2 aliphatic carbocycles. The summed E-state index contributed by atoms with van der Waals surface area (Å²) in [7, 11) is 1.62. The van der Waals surface area contributed by atoms with Crippen molar-refractivity contribution in [2.45, 2.75) is 57.0 Å². The number of ether oxygens (including phenoxy) is 1. The van der Waals surface area contributed by atoms with Crippen LogP contribution in [0.1, 0.15) is 60.4 Å². The molecule has 3 fully saturated rings. The van der Waals surface area contributed by atoms with Crippen LogP contribution in [0.5, 0.6) is 0 Å². The van der Waals surface area contributed by atoms with E-state index in [9.17, 15) is 14.9 Å². The molecule has 8 nitrogen and oxygen atoms in total. The summed E-state index contributed by atoms with van der Waals surface area (Å²) in [6.07, 6.45) is 6.94. The fourth-order valence-electron chi connectivity index (χ4n) is 5.53. The van der Waals surface area contributed by atoms with Gasteiger partial charge in [0.15, 0.2) is 0 Å². The zero-order chi connectivity index (χ0) is 23.8. The zero-order valence-electron chi connectivity index (χ0n) is 20.0. The van der Waals surface area contributed by atoms with Crippen LogP contribution in [-0.4, -0.2) is 72.5 Å². The van der Waals surface area contributed by atoms with Gasteiger partial charge in [0.05, 0.1) is 30.3 Å². The molecule has 8 heteroatoms. The van der Waals surface area contributed by atoms with Crippen LogP contribution < -0.4 is 4.90 Å². The highest BCUT2D eigenvalue weighted by Gasteiger charge is 2.42. The molecule has 1 atom stereocenters. The summed E-state index contributed by atoms with van der Waals surface area (Å²) >= 11 is 0. The molecule has 2 amide bonds. The molecule has 0 spiro atoms. The van der Waals surface area contributed by atoms with Gasteiger partial charge in [0.25, 0.3) is 0 Å². The molecule has 2 aliphatic heterocycles. The van der Waals surface area contributed by atoms with E-state index in [1.807, 2.05) is 4.90 Å². The lowest BCUT2D eigenvalue weighted by Crippen LogP contribution is -2.56. The number of hydrogen-bond donors (Lipinski definition) is 0. The summed E-state index contributed by atoms with van der Waals surface area (Å²) in [5.74, 6) is 1.80. The number of piperazine rings is 1. The molecule has 0 bridgehead atoms. The van der Waals surface area contributed by atoms with Crippen molar-refractivity contribution >= 4 is 17.6 Å². The number of fused-ring (bicyclic) bond motifs is 1. The maximum atomic E-state index is 12.8. The lowest BCUT2D eigenvalue weighted by atomic mass is 9.92. The van der Waals surface area contributed by atoms with Gasteiger partial charge in [-0.25, -0.2) is 4.98 Å². The summed E-state index contributed by atoms with van der Waals surface area (Å²) in [4.78, 5) is 36.3. The van der Waals surface area contributed by atoms with E-state index in [1.54, 1.807) is 12.0 Å². The molecule has 5 rings (SSSR count). The number of amides is 2. The van der Waals surface area contributed by atoms with Gasteiger partial charge in [-0.05, 0) is 55.2 Å². The van der Waals surface area contributed by atoms with Crippen molar-refractivity contribution in [1.29, 1.82) is 5.26 Å². The summed E-state index contributed by atoms with van der Waals surface area (Å²) < 4.78 is 5.13. The number of methoxy groups -OCH3 is 1. The quantitative estimate of drug-likeness (QED) is 0.577. The van der Waals surface area contributed by atoms with Crippen LogP contribution in [0.25, 0.3) is 0 Å². The van der Waals surface area contributed by atoms with E-state index in [4.69, 9.17) is 9.72 Å². The van der Waals surface area contributed by atoms with Gasteiger partial charge in [-0.3, -0.25) is 9.59 Å². The Bertz CT molecular complexity index is 1040. The predicted molar refractivity (Wildman–Crippen MR) is 127 cm³/mol. The molecule has 1 aromatic rings. The van der Waals surface area contributed by atoms with Gasteiger partial charge < -0.3 is 19.4 Å². The molecule has 0 aromatic carbocycles. The van der Waals surface area contributed by atoms with Crippen LogP contribution in [0, 0.1) is 17.2 Å². The van der Waals surface area contributed by atoms with Crippen LogP contribution in [0.15, 0.2) is 12.7 Å². The van der Waals surface area contributed by atoms with E-state index in [0.717, 1.165) is 54.9 Å². The van der Waals surface area contributed by atoms with Crippen LogP contribution in [0.3, 0.4) is 0 Å². The summed E-state index contributed by atoms with van der Waals surface area (Å²) in [5.41, 5.74) is 3.84. The molecule has 180 valence electrons. The monoisotopic (exact) mass is 463 g/mol. The first-order valence-corrected chi connectivity index (χ1v) is 12.5. The Morgan fingerprint density at radius 3 is 2.65 bits per heavy atom. The number of pyridine rings is 1. The van der Waals surface area contributed by atoms with Crippen LogP contribution in [-0.2, 0) is 27.3 Å². The molecule has 2 saturated carbocycles. The van der Waals surface area contributed by atoms with Crippen LogP contribution in [0.2, 0.25) is 0 Å². The second kappa shape index (κ2) is 9.38. The number of hydrogen-bond acceptors (Lipinski definition) is 6. The molecule has 0 unspecified atom stereocenters. The van der Waals surface area contributed by atoms with E-state index in [2.05, 4.69) is 17.5 Å². The standard InChI is InChI=1S/C26H33N5O3/c1-3-23(32)29-10-8-19-20(14-27)26(28-25(18-6-7-18)21(19)15-29)30-11-12-31(24(33)9-13-34-2)22(16-30)17-4-5-17/h3,17-18,22H,1,4-13,15-16H2,2H3/t22-/m0/s1. The lowest BCUT2D eigenvalue weighted by molar-refractivity contribution is -0.135. The van der Waals surface area contributed by atoms with Crippen molar-refractivity contribution in [2.24, 2.45) is 5.92 Å². The summed E-state index contributed by atoms with van der Waals surface area (Å²) in [6.45, 7) is 7.20. The van der Waals surface area contributed by atoms with Crippen LogP contribution >= 0.6 is 0 Å². The average molecular weight is 464 g/mol. The molecule has 0 radical (unpaired) electrons. The minimum Gasteiger partial charge on any atom is -0.384 e. The highest BCUT2D eigenvalue weighted by Crippen LogP contribution is 2.45. The van der Waals surface area contributed by atoms with Crippen molar-refractivity contribution in [1.82, 2.24) is 14.8 Å². The topological polar surface area (TPSA) is 89.8 Å². The smallest absolute Gasteiger partial charge is 0.246 e. The van der Waals surface area contributed by atoms with E-state index >= 15 is 0 Å². The number of nitriles is 1. The SMILES string of the molecule is C=CC(=O)N1CCc2c(C#N)c(N3CCN(C(=O)CCOC)[C@H](C4CC4)C3)nc(C3CC3)c2C1. The number of anilines is 1. The molecule has 0 N–H and O–H groups in total. The second-order valence-corrected chi connectivity index (χ2v) is 9.93. The normalized spacial score (nSPS) is 22.2. The molecule has 1 saturated heterocycles. The van der Waals surface area contributed by atoms with Gasteiger partial charge in [-0.15, -0.1) is 0 Å². The molecule has 34 heavy (non-hydrogen) atoms. The fourth-order valence-corrected chi connectivity index (χ4v) is 5.53. The Morgan fingerprint density at radius 1 is 1.21 bits per heavy atom. The Kier molecular flexibility index (Phi) is 6.30. The van der Waals surface area contributed by atoms with Crippen molar-refractivity contribution in [3.05, 3.63) is 35.0 Å². The Labute approximate surface area is 201 Å². The fraction of sp³-hybridized carbons (Fsp3) is 0.615. The third kappa shape index (κ3) is 4.29. The van der Waals surface area contributed by atoms with Crippen molar-refractivity contribution < 1.29 is 14.3 Å². The first kappa shape index (κ1) is 22.9. The van der Waals surface area contributed by atoms with Crippen molar-refractivity contribution in [2.75, 3.05) is 44.8 Å². The molecule has 3 heterocycles. The third-order valence-electron chi connectivity index (χ3n) is 7.69. The highest BCUT2D eigenvalue weighted by molar-refractivity contribution is 5.87. The van der Waals surface area contributed by atoms with Gasteiger partial charge in [0.2, 0.25) is 11.8 Å². The van der Waals surface area contributed by atoms with E-state index in [-0.39, 0.29) is 17.9 Å². The predicted octanol–water partition coefficient (Wildman–Crippen LogP) is 2.37. The van der Waals surface area contributed by atoms with Gasteiger partial charge in [0, 0.05) is 45.8 Å². The first-order valence-electron chi connectivity index (χ1n) is 12.5. The lowest BCUT2D eigenvalue weighted by Gasteiger charge is -2.43. The van der Waals surface area contributed by atoms with Gasteiger partial charge in [0.1, 0.15) is 11.9 Å². The Hall–Kier alpha value is -2.92. The highest BCUT2D eigenvalue weighted by atomic mass is 16.5. The number of carbonyl (C=O) groups is 2. The number of aromatic nitrogens is 1. The Balaban J connectivity index is 1.46. The summed E-state index contributed by atoms with van der Waals surface area (Å²) in [6, 6.07) is 2.62. The molecule has 1 aromatic heterocycles. The molecular weight excluding hydrogens is 430 g/mol. The maximum absolute atomic E-state index is 12.8. The third-order valence-corrected chi connectivity index (χ3v) is 7.69. The van der Waals surface area contributed by atoms with Gasteiger partial charge >= 0.3 is 0 Å². The van der Waals surface area contributed by atoms with Gasteiger partial charge in [-0.1, -0.05) is 6.58 Å². The maximum Gasteiger partial charge on any atom is 0.246 e. The second-order valence-electron chi connectivity index (χ2n) is 9.93. The van der Waals surface area contributed by atoms with Crippen molar-refractivity contribution in [3.63, 3.8) is 0 Å². The van der Waals surface area contributed by atoms with E-state index in [1.165, 1.54) is 6.08 Å². The summed E-state index contributed by atoms with van der Waals surface area (Å²) in [5, 5.41) is 10.2. The first-order chi connectivity index (χ1) is 16.5. The Morgan fingerprint density at radius 2 is 2.00 bits per heavy atom. The van der Waals surface area contributed by atoms with Crippen LogP contribution in [0.4, 0.5) is 5.82 Å². The van der Waals surface area contributed by atoms with Gasteiger partial charge in [-0.2, -0.15) is 5.26 Å². The molecular formula is C26H33N5O3. The largest absolute Gasteiger partial charge is 0.384 e. The average Bonchev–Trinajstić information content (AvgIpc) is 3.78. The number of nitrogens with zero attached hydrogens (tertiary/aromatic N) is 5. The van der Waals surface area contributed by atoms with E-state index < -0.39 is 0 Å². The minimum atomic E-state index is -0.0727. The number of rotatable bonds is 7. The number of carbonyl (C=O) groups excluding carboxylic acids is 2. The van der Waals surface area contributed by atoms with Crippen molar-refractivity contribution in [3.8, 4) is 6.07 Å². The zero-order valence-corrected chi connectivity index (χ0v) is 20.0.